The Balaban J connectivity index is 1.73. The predicted molar refractivity (Wildman–Crippen MR) is 140 cm³/mol. The maximum Gasteiger partial charge on any atom is 0.573 e. The fourth-order valence-corrected chi connectivity index (χ4v) is 7.37. The fraction of sp³-hybridized carbons (Fsp3) is 0.536. The number of nitrogens with zero attached hydrogens (tertiary/aromatic N) is 2. The number of aliphatic hydroxyl groups excluding tert-OH is 2. The van der Waals surface area contributed by atoms with E-state index < -0.39 is 93.1 Å². The van der Waals surface area contributed by atoms with E-state index in [0.29, 0.717) is 25.9 Å². The molecular formula is C28H32F3N3O8. The number of carbonyl (C=O) groups is 3. The lowest BCUT2D eigenvalue weighted by molar-refractivity contribution is -0.275. The number of carbonyl (C=O) groups excluding carboxylic acids is 3. The molecule has 228 valence electrons. The lowest BCUT2D eigenvalue weighted by Gasteiger charge is -2.50. The van der Waals surface area contributed by atoms with E-state index in [9.17, 15) is 48.0 Å². The minimum absolute atomic E-state index is 0.0744. The van der Waals surface area contributed by atoms with Gasteiger partial charge in [0.1, 0.15) is 28.6 Å². The van der Waals surface area contributed by atoms with E-state index in [2.05, 4.69) is 4.74 Å². The third-order valence-corrected chi connectivity index (χ3v) is 9.05. The number of hydrogen-bond acceptors (Lipinski definition) is 10. The molecule has 11 nitrogen and oxygen atoms in total. The first-order chi connectivity index (χ1) is 19.5. The van der Waals surface area contributed by atoms with Crippen LogP contribution in [0, 0.1) is 11.8 Å². The second-order valence-corrected chi connectivity index (χ2v) is 11.5. The van der Waals surface area contributed by atoms with Gasteiger partial charge < -0.3 is 30.9 Å². The van der Waals surface area contributed by atoms with E-state index in [1.54, 1.807) is 0 Å². The van der Waals surface area contributed by atoms with E-state index in [4.69, 9.17) is 5.73 Å². The van der Waals surface area contributed by atoms with Gasteiger partial charge in [0.2, 0.25) is 5.78 Å². The number of aliphatic hydroxyl groups is 3. The third kappa shape index (κ3) is 4.26. The molecule has 6 N–H and O–H groups in total. The molecule has 5 rings (SSSR count). The molecule has 1 fully saturated rings. The number of halogens is 3. The van der Waals surface area contributed by atoms with Crippen LogP contribution in [-0.4, -0.2) is 92.9 Å². The summed E-state index contributed by atoms with van der Waals surface area (Å²) < 4.78 is 45.8. The second-order valence-electron chi connectivity index (χ2n) is 11.5. The Morgan fingerprint density at radius 1 is 1.24 bits per heavy atom. The van der Waals surface area contributed by atoms with Crippen LogP contribution in [0.3, 0.4) is 0 Å². The number of phenols is 1. The number of allylic oxidation sites excluding steroid dienone is 1. The Bertz CT molecular complexity index is 1450. The highest BCUT2D eigenvalue weighted by molar-refractivity contribution is 6.24. The Labute approximate surface area is 238 Å². The first kappa shape index (κ1) is 29.9. The van der Waals surface area contributed by atoms with Crippen molar-refractivity contribution in [2.45, 2.75) is 56.7 Å². The molecule has 5 atom stereocenters. The van der Waals surface area contributed by atoms with E-state index in [-0.39, 0.29) is 24.0 Å². The molecule has 0 aromatic heterocycles. The summed E-state index contributed by atoms with van der Waals surface area (Å²) in [5.41, 5.74) is 0.379. The maximum absolute atomic E-state index is 13.9. The summed E-state index contributed by atoms with van der Waals surface area (Å²) in [4.78, 5) is 42.7. The summed E-state index contributed by atoms with van der Waals surface area (Å²) in [5, 5.41) is 44.9. The van der Waals surface area contributed by atoms with Gasteiger partial charge in [0.15, 0.2) is 11.4 Å². The molecule has 1 saturated heterocycles. The zero-order valence-corrected chi connectivity index (χ0v) is 23.2. The lowest BCUT2D eigenvalue weighted by Crippen LogP contribution is -2.63. The minimum atomic E-state index is -5.13. The van der Waals surface area contributed by atoms with Crippen molar-refractivity contribution in [1.29, 1.82) is 0 Å². The number of alkyl halides is 3. The number of primary amides is 1. The molecule has 1 aromatic carbocycles. The molecule has 4 aliphatic rings. The Kier molecular flexibility index (Phi) is 7.10. The van der Waals surface area contributed by atoms with Crippen molar-refractivity contribution in [1.82, 2.24) is 9.80 Å². The summed E-state index contributed by atoms with van der Waals surface area (Å²) >= 11 is 0. The van der Waals surface area contributed by atoms with Crippen molar-refractivity contribution < 1.29 is 52.7 Å². The molecule has 3 aliphatic carbocycles. The van der Waals surface area contributed by atoms with E-state index in [1.807, 2.05) is 11.8 Å². The van der Waals surface area contributed by atoms with Crippen LogP contribution in [0.5, 0.6) is 11.5 Å². The molecule has 0 bridgehead atoms. The van der Waals surface area contributed by atoms with Gasteiger partial charge in [-0.3, -0.25) is 24.2 Å². The number of ketones is 2. The minimum Gasteiger partial charge on any atom is -0.510 e. The van der Waals surface area contributed by atoms with Crippen molar-refractivity contribution in [2.24, 2.45) is 17.6 Å². The fourth-order valence-electron chi connectivity index (χ4n) is 7.37. The van der Waals surface area contributed by atoms with Gasteiger partial charge in [0, 0.05) is 28.7 Å². The van der Waals surface area contributed by atoms with Crippen molar-refractivity contribution >= 4 is 17.5 Å². The maximum atomic E-state index is 13.9. The number of hydrogen-bond donors (Lipinski definition) is 5. The largest absolute Gasteiger partial charge is 0.573 e. The van der Waals surface area contributed by atoms with Gasteiger partial charge in [-0.1, -0.05) is 6.92 Å². The molecule has 0 radical (unpaired) electrons. The zero-order chi connectivity index (χ0) is 31.0. The summed E-state index contributed by atoms with van der Waals surface area (Å²) in [6.45, 7) is 3.01. The average molecular weight is 596 g/mol. The Morgan fingerprint density at radius 3 is 2.48 bits per heavy atom. The monoisotopic (exact) mass is 595 g/mol. The van der Waals surface area contributed by atoms with Gasteiger partial charge in [0.25, 0.3) is 5.91 Å². The number of rotatable bonds is 5. The van der Waals surface area contributed by atoms with Crippen LogP contribution in [0.2, 0.25) is 0 Å². The number of amides is 1. The highest BCUT2D eigenvalue weighted by atomic mass is 19.4. The first-order valence-electron chi connectivity index (χ1n) is 13.6. The normalized spacial score (nSPS) is 30.0. The topological polar surface area (TPSA) is 174 Å². The van der Waals surface area contributed by atoms with Gasteiger partial charge >= 0.3 is 6.36 Å². The number of Topliss-reactive ketones (excluding diaryl/α,β-unsaturated/α-hetero) is 2. The summed E-state index contributed by atoms with van der Waals surface area (Å²) in [6, 6.07) is -0.671. The SMILES string of the molecule is CCN1CCCC1c1cc(O)c2c(c1OC(F)(F)F)C[C@H]1C[C@H]3[C@H](N(C)C)C(O)=C(C(N)=O)C(=O)[C@@]3(O)C(O)=C1C2=O. The van der Waals surface area contributed by atoms with Crippen LogP contribution in [0.1, 0.15) is 53.7 Å². The van der Waals surface area contributed by atoms with Crippen LogP contribution < -0.4 is 10.5 Å². The van der Waals surface area contributed by atoms with Crippen LogP contribution >= 0.6 is 0 Å². The Hall–Kier alpha value is -3.62. The highest BCUT2D eigenvalue weighted by Crippen LogP contribution is 2.55. The molecule has 0 saturated carbocycles. The number of phenolic OH excluding ortho intramolecular Hbond substituents is 1. The van der Waals surface area contributed by atoms with Crippen LogP contribution in [0.25, 0.3) is 0 Å². The molecule has 14 heteroatoms. The summed E-state index contributed by atoms with van der Waals surface area (Å²) in [6.07, 6.45) is -4.50. The zero-order valence-electron chi connectivity index (χ0n) is 23.2. The van der Waals surface area contributed by atoms with Crippen molar-refractivity contribution in [3.63, 3.8) is 0 Å². The van der Waals surface area contributed by atoms with Gasteiger partial charge in [-0.25, -0.2) is 0 Å². The first-order valence-corrected chi connectivity index (χ1v) is 13.6. The van der Waals surface area contributed by atoms with Crippen molar-refractivity contribution in [3.05, 3.63) is 45.4 Å². The molecule has 1 unspecified atom stereocenters. The molecule has 42 heavy (non-hydrogen) atoms. The third-order valence-electron chi connectivity index (χ3n) is 9.05. The number of aromatic hydroxyl groups is 1. The number of benzene rings is 1. The molecule has 0 spiro atoms. The average Bonchev–Trinajstić information content (AvgIpc) is 3.35. The van der Waals surface area contributed by atoms with Gasteiger partial charge in [-0.05, 0) is 64.9 Å². The number of fused-ring (bicyclic) bond motifs is 3. The van der Waals surface area contributed by atoms with Crippen molar-refractivity contribution in [3.8, 4) is 11.5 Å². The van der Waals surface area contributed by atoms with Crippen LogP contribution in [-0.2, 0) is 16.0 Å². The smallest absolute Gasteiger partial charge is 0.510 e. The number of ether oxygens (including phenoxy) is 1. The van der Waals surface area contributed by atoms with Crippen molar-refractivity contribution in [2.75, 3.05) is 27.2 Å². The van der Waals surface area contributed by atoms with E-state index >= 15 is 0 Å². The van der Waals surface area contributed by atoms with Gasteiger partial charge in [0.05, 0.1) is 11.6 Å². The summed E-state index contributed by atoms with van der Waals surface area (Å²) in [5.74, 6) is -9.27. The predicted octanol–water partition coefficient (Wildman–Crippen LogP) is 2.18. The number of likely N-dealkylation sites (N-methyl/N-ethyl adjacent to an activating group) is 1. The van der Waals surface area contributed by atoms with Crippen LogP contribution in [0.4, 0.5) is 13.2 Å². The highest BCUT2D eigenvalue weighted by Gasteiger charge is 2.63. The van der Waals surface area contributed by atoms with Gasteiger partial charge in [-0.2, -0.15) is 0 Å². The molecule has 1 heterocycles. The standard InChI is InChI=1S/C28H32F3N3O8/c1-4-34-7-5-6-15(34)12-10-16(35)18-13(23(12)42-28(29,30)31)8-11-9-14-20(33(2)3)22(37)19(26(32)40)25(39)27(14,41)24(38)17(11)21(18)36/h10-11,14-15,20,35,37-38,41H,4-9H2,1-3H3,(H2,32,40)/t11-,14-,15?,20-,27-/m0/s1. The molecule has 1 amide bonds. The van der Waals surface area contributed by atoms with Gasteiger partial charge in [-0.15, -0.1) is 13.2 Å². The van der Waals surface area contributed by atoms with Crippen LogP contribution in [0.15, 0.2) is 28.7 Å². The van der Waals surface area contributed by atoms with E-state index in [0.717, 1.165) is 6.07 Å². The quantitative estimate of drug-likeness (QED) is 0.318. The number of nitrogens with two attached hydrogens (primary N) is 1. The second kappa shape index (κ2) is 9.99. The molecular weight excluding hydrogens is 563 g/mol. The molecule has 1 aromatic rings. The molecule has 1 aliphatic heterocycles. The van der Waals surface area contributed by atoms with E-state index in [1.165, 1.54) is 19.0 Å². The number of likely N-dealkylation sites (tertiary alicyclic amines) is 1. The Morgan fingerprint density at radius 2 is 1.90 bits per heavy atom. The lowest BCUT2D eigenvalue weighted by atomic mass is 9.58. The summed E-state index contributed by atoms with van der Waals surface area (Å²) in [7, 11) is 2.96.